The lowest BCUT2D eigenvalue weighted by atomic mass is 10.1. The van der Waals surface area contributed by atoms with E-state index in [4.69, 9.17) is 40.6 Å². The summed E-state index contributed by atoms with van der Waals surface area (Å²) >= 11 is 8.84. The molecule has 7 N–H and O–H groups in total. The van der Waals surface area contributed by atoms with E-state index in [2.05, 4.69) is 37.5 Å². The summed E-state index contributed by atoms with van der Waals surface area (Å²) in [5, 5.41) is 24.9. The van der Waals surface area contributed by atoms with E-state index in [9.17, 15) is 29.4 Å². The summed E-state index contributed by atoms with van der Waals surface area (Å²) in [6.45, 7) is -8.83. The minimum Gasteiger partial charge on any atom is -0.395 e. The highest BCUT2D eigenvalue weighted by molar-refractivity contribution is 8.44. The molecule has 24 heteroatoms. The molecule has 0 bridgehead atoms. The molecule has 2 saturated heterocycles. The van der Waals surface area contributed by atoms with Gasteiger partial charge < -0.3 is 49.6 Å². The maximum absolute atomic E-state index is 13.0. The van der Waals surface area contributed by atoms with Gasteiger partial charge in [0, 0.05) is 12.7 Å². The molecule has 272 valence electrons. The van der Waals surface area contributed by atoms with Gasteiger partial charge in [-0.05, 0) is 43.1 Å². The van der Waals surface area contributed by atoms with Gasteiger partial charge in [0.25, 0.3) is 5.56 Å². The third kappa shape index (κ3) is 7.10. The second kappa shape index (κ2) is 14.1. The highest BCUT2D eigenvalue weighted by Crippen LogP contribution is 2.52. The lowest BCUT2D eigenvalue weighted by Crippen LogP contribution is -2.35. The summed E-state index contributed by atoms with van der Waals surface area (Å²) in [5.41, 5.74) is 7.03. The molecule has 2 fully saturated rings. The summed E-state index contributed by atoms with van der Waals surface area (Å²) in [5.74, 6) is 0.563. The fourth-order valence-electron chi connectivity index (χ4n) is 6.45. The zero-order valence-corrected chi connectivity index (χ0v) is 29.7. The van der Waals surface area contributed by atoms with Gasteiger partial charge in [-0.15, -0.1) is 0 Å². The molecule has 0 amide bonds. The van der Waals surface area contributed by atoms with E-state index in [1.54, 1.807) is 0 Å². The van der Waals surface area contributed by atoms with Crippen LogP contribution in [0.15, 0.2) is 23.6 Å². The van der Waals surface area contributed by atoms with Crippen molar-refractivity contribution < 1.29 is 47.6 Å². The first-order valence-electron chi connectivity index (χ1n) is 15.6. The SMILES string of the molecule is Nc1nc2c(ncn2[C@@H]2O[C@H](COP(=O)(O)S)[C@@H](O)[C@H]2OP(O)(=S)OC[C@@H]2CC[C@H](n3cc4c5c(ncnc53)NCCC4)O2)c(=O)n1CCO. The second-order valence-electron chi connectivity index (χ2n) is 12.0. The first-order valence-corrected chi connectivity index (χ1v) is 20.9. The summed E-state index contributed by atoms with van der Waals surface area (Å²) in [4.78, 5) is 51.0. The minimum absolute atomic E-state index is 0.0616. The number of thiol groups is 1. The number of hydrogen-bond acceptors (Lipinski definition) is 16. The average molecular weight is 776 g/mol. The van der Waals surface area contributed by atoms with Crippen LogP contribution in [-0.2, 0) is 52.4 Å². The number of fused-ring (bicyclic) bond motifs is 1. The quantitative estimate of drug-likeness (QED) is 0.0766. The molecule has 7 heterocycles. The van der Waals surface area contributed by atoms with Gasteiger partial charge in [0.15, 0.2) is 17.4 Å². The van der Waals surface area contributed by atoms with Crippen LogP contribution in [0.1, 0.15) is 37.3 Å². The van der Waals surface area contributed by atoms with Gasteiger partial charge in [-0.25, -0.2) is 19.5 Å². The maximum Gasteiger partial charge on any atom is 0.383 e. The Bertz CT molecular complexity index is 2060. The Morgan fingerprint density at radius 3 is 2.74 bits per heavy atom. The van der Waals surface area contributed by atoms with Gasteiger partial charge >= 0.3 is 13.5 Å². The molecule has 0 aliphatic carbocycles. The Kier molecular flexibility index (Phi) is 10.1. The van der Waals surface area contributed by atoms with Crippen molar-refractivity contribution in [2.24, 2.45) is 0 Å². The summed E-state index contributed by atoms with van der Waals surface area (Å²) in [6.07, 6.45) is 1.27. The number of rotatable bonds is 12. The predicted octanol–water partition coefficient (Wildman–Crippen LogP) is 0.572. The lowest BCUT2D eigenvalue weighted by Gasteiger charge is -2.26. The molecule has 4 aromatic heterocycles. The number of aryl methyl sites for hydroxylation is 1. The molecule has 0 spiro atoms. The molecule has 50 heavy (non-hydrogen) atoms. The number of hydrogen-bond donors (Lipinski definition) is 7. The monoisotopic (exact) mass is 775 g/mol. The third-order valence-corrected chi connectivity index (χ3v) is 11.1. The van der Waals surface area contributed by atoms with Crippen molar-refractivity contribution in [3.8, 4) is 0 Å². The lowest BCUT2D eigenvalue weighted by molar-refractivity contribution is -0.0484. The molecule has 4 aromatic rings. The smallest absolute Gasteiger partial charge is 0.383 e. The number of nitrogens with zero attached hydrogens (tertiary/aromatic N) is 7. The van der Waals surface area contributed by atoms with Gasteiger partial charge in [-0.1, -0.05) is 12.2 Å². The van der Waals surface area contributed by atoms with Crippen LogP contribution in [0.2, 0.25) is 0 Å². The molecule has 7 rings (SSSR count). The van der Waals surface area contributed by atoms with E-state index < -0.39 is 56.3 Å². The van der Waals surface area contributed by atoms with Crippen LogP contribution in [-0.4, -0.2) is 104 Å². The van der Waals surface area contributed by atoms with E-state index in [-0.39, 0.29) is 43.1 Å². The van der Waals surface area contributed by atoms with Crippen LogP contribution in [0.3, 0.4) is 0 Å². The van der Waals surface area contributed by atoms with Crippen molar-refractivity contribution in [2.75, 3.05) is 37.4 Å². The number of ether oxygens (including phenoxy) is 2. The number of aliphatic hydroxyl groups excluding tert-OH is 2. The number of nitrogens with one attached hydrogen (secondary N) is 1. The Balaban J connectivity index is 1.08. The Morgan fingerprint density at radius 1 is 1.14 bits per heavy atom. The van der Waals surface area contributed by atoms with Crippen LogP contribution >= 0.6 is 25.8 Å². The number of nitrogen functional groups attached to an aromatic ring is 1. The molecule has 0 saturated carbocycles. The normalized spacial score (nSPS) is 27.7. The van der Waals surface area contributed by atoms with Crippen molar-refractivity contribution >= 4 is 71.5 Å². The van der Waals surface area contributed by atoms with Gasteiger partial charge in [0.05, 0.1) is 44.2 Å². The summed E-state index contributed by atoms with van der Waals surface area (Å²) in [7, 11) is 0. The topological polar surface area (TPSA) is 266 Å². The standard InChI is InChI=1S/C26H35N9O11P2S2/c27-26-32-23-18(24(38)33(26)6-7-36)31-12-35(23)25-20(19(37)15(45-25)10-42-47(39,40)49)46-48(41,50)43-9-14-3-4-16(44-14)34-8-13-2-1-5-28-21-17(13)22(34)30-11-29-21/h8,11-12,14-16,19-20,25,36-37H,1-7,9-10H2,(H2,27,32)(H,41,50)(H,28,29,30)(H2,39,40,49)/t14-,15+,16+,19+,20+,25+,48?/m0/s1. The summed E-state index contributed by atoms with van der Waals surface area (Å²) < 4.78 is 44.6. The van der Waals surface area contributed by atoms with Crippen LogP contribution in [0.5, 0.6) is 0 Å². The van der Waals surface area contributed by atoms with Crippen LogP contribution in [0.25, 0.3) is 22.2 Å². The van der Waals surface area contributed by atoms with Crippen molar-refractivity contribution in [1.29, 1.82) is 0 Å². The number of aromatic nitrogens is 7. The molecular formula is C26H35N9O11P2S2. The fraction of sp³-hybridized carbons (Fsp3) is 0.577. The molecular weight excluding hydrogens is 740 g/mol. The Hall–Kier alpha value is -2.56. The van der Waals surface area contributed by atoms with Crippen molar-refractivity contribution in [1.82, 2.24) is 33.6 Å². The van der Waals surface area contributed by atoms with Gasteiger partial charge in [0.1, 0.15) is 42.3 Å². The molecule has 3 aliphatic heterocycles. The Labute approximate surface area is 293 Å². The summed E-state index contributed by atoms with van der Waals surface area (Å²) in [6, 6.07) is 0. The first kappa shape index (κ1) is 35.8. The van der Waals surface area contributed by atoms with Crippen molar-refractivity contribution in [3.05, 3.63) is 34.8 Å². The number of anilines is 2. The molecule has 20 nitrogen and oxygen atoms in total. The average Bonchev–Trinajstić information content (AvgIpc) is 3.82. The van der Waals surface area contributed by atoms with E-state index >= 15 is 0 Å². The predicted molar refractivity (Wildman–Crippen MR) is 183 cm³/mol. The van der Waals surface area contributed by atoms with Gasteiger partial charge in [-0.2, -0.15) is 4.98 Å². The van der Waals surface area contributed by atoms with E-state index in [1.807, 2.05) is 10.8 Å². The third-order valence-electron chi connectivity index (χ3n) is 8.71. The molecule has 2 unspecified atom stereocenters. The Morgan fingerprint density at radius 2 is 1.96 bits per heavy atom. The van der Waals surface area contributed by atoms with E-state index in [1.165, 1.54) is 17.2 Å². The first-order chi connectivity index (χ1) is 23.8. The van der Waals surface area contributed by atoms with Crippen LogP contribution in [0.4, 0.5) is 11.8 Å². The van der Waals surface area contributed by atoms with Crippen LogP contribution < -0.4 is 16.6 Å². The zero-order chi connectivity index (χ0) is 35.4. The fourth-order valence-corrected chi connectivity index (χ4v) is 8.42. The van der Waals surface area contributed by atoms with Crippen molar-refractivity contribution in [2.45, 2.75) is 69.1 Å². The molecule has 3 aliphatic rings. The second-order valence-corrected chi connectivity index (χ2v) is 17.5. The van der Waals surface area contributed by atoms with Crippen LogP contribution in [0, 0.1) is 0 Å². The van der Waals surface area contributed by atoms with E-state index in [0.29, 0.717) is 12.8 Å². The number of aliphatic hydroxyl groups is 2. The molecule has 0 aromatic carbocycles. The highest BCUT2D eigenvalue weighted by Gasteiger charge is 2.49. The van der Waals surface area contributed by atoms with Gasteiger partial charge in [0.2, 0.25) is 5.95 Å². The minimum atomic E-state index is -4.28. The molecule has 8 atom stereocenters. The van der Waals surface area contributed by atoms with Crippen molar-refractivity contribution in [3.63, 3.8) is 0 Å². The van der Waals surface area contributed by atoms with E-state index in [0.717, 1.165) is 46.4 Å². The number of nitrogens with two attached hydrogens (primary N) is 1. The largest absolute Gasteiger partial charge is 0.395 e. The maximum atomic E-state index is 13.0. The number of imidazole rings is 1. The zero-order valence-electron chi connectivity index (χ0n) is 26.2. The molecule has 0 radical (unpaired) electrons. The highest BCUT2D eigenvalue weighted by atomic mass is 32.7. The van der Waals surface area contributed by atoms with Gasteiger partial charge in [-0.3, -0.25) is 23.0 Å².